The molecule has 1 unspecified atom stereocenters. The molecule has 2 aliphatic heterocycles. The van der Waals surface area contributed by atoms with Crippen LogP contribution in [0.15, 0.2) is 48.5 Å². The molecule has 0 bridgehead atoms. The molecular formula is C24H24N4O5. The molecule has 2 fully saturated rings. The molecule has 3 aliphatic rings. The van der Waals surface area contributed by atoms with E-state index in [1.54, 1.807) is 18.2 Å². The van der Waals surface area contributed by atoms with Gasteiger partial charge in [-0.05, 0) is 35.7 Å². The van der Waals surface area contributed by atoms with Crippen molar-refractivity contribution in [3.05, 3.63) is 65.2 Å². The van der Waals surface area contributed by atoms with E-state index >= 15 is 0 Å². The molecule has 5 amide bonds. The Balaban J connectivity index is 1.28. The number of carbonyl (C=O) groups excluding carboxylic acids is 4. The van der Waals surface area contributed by atoms with Crippen molar-refractivity contribution in [3.8, 4) is 0 Å². The monoisotopic (exact) mass is 448 g/mol. The summed E-state index contributed by atoms with van der Waals surface area (Å²) in [5.74, 6) is -1.05. The Kier molecular flexibility index (Phi) is 5.13. The minimum absolute atomic E-state index is 0.196. The van der Waals surface area contributed by atoms with Gasteiger partial charge in [0.05, 0.1) is 11.6 Å². The van der Waals surface area contributed by atoms with E-state index in [1.807, 2.05) is 30.3 Å². The number of fused-ring (bicyclic) bond motifs is 1. The third kappa shape index (κ3) is 3.84. The van der Waals surface area contributed by atoms with Crippen LogP contribution in [-0.2, 0) is 21.7 Å². The zero-order valence-corrected chi connectivity index (χ0v) is 17.8. The van der Waals surface area contributed by atoms with E-state index in [-0.39, 0.29) is 24.8 Å². The van der Waals surface area contributed by atoms with Gasteiger partial charge in [0.25, 0.3) is 5.91 Å². The average molecular weight is 448 g/mol. The van der Waals surface area contributed by atoms with Crippen molar-refractivity contribution in [2.45, 2.75) is 49.9 Å². The first-order chi connectivity index (χ1) is 15.8. The van der Waals surface area contributed by atoms with Gasteiger partial charge in [-0.2, -0.15) is 0 Å². The van der Waals surface area contributed by atoms with E-state index in [0.29, 0.717) is 36.1 Å². The number of benzene rings is 2. The van der Waals surface area contributed by atoms with Gasteiger partial charge >= 0.3 is 6.03 Å². The quantitative estimate of drug-likeness (QED) is 0.529. The van der Waals surface area contributed by atoms with E-state index in [2.05, 4.69) is 16.0 Å². The van der Waals surface area contributed by atoms with Gasteiger partial charge in [0.2, 0.25) is 11.8 Å². The van der Waals surface area contributed by atoms with Crippen molar-refractivity contribution in [2.24, 2.45) is 0 Å². The Morgan fingerprint density at radius 3 is 2.55 bits per heavy atom. The number of rotatable bonds is 4. The maximum Gasteiger partial charge on any atom is 0.319 e. The second kappa shape index (κ2) is 8.00. The van der Waals surface area contributed by atoms with Crippen molar-refractivity contribution >= 4 is 29.4 Å². The fraction of sp³-hybridized carbons (Fsp3) is 0.333. The molecule has 2 aromatic rings. The summed E-state index contributed by atoms with van der Waals surface area (Å²) in [4.78, 5) is 50.7. The van der Waals surface area contributed by atoms with Crippen LogP contribution in [0, 0.1) is 0 Å². The number of carbonyl (C=O) groups is 4. The first-order valence-corrected chi connectivity index (χ1v) is 10.9. The third-order valence-electron chi connectivity index (χ3n) is 6.63. The number of piperidine rings is 1. The van der Waals surface area contributed by atoms with Crippen molar-refractivity contribution in [1.82, 2.24) is 15.5 Å². The summed E-state index contributed by atoms with van der Waals surface area (Å²) >= 11 is 0. The minimum atomic E-state index is -0.682. The van der Waals surface area contributed by atoms with Crippen molar-refractivity contribution in [1.29, 1.82) is 0 Å². The van der Waals surface area contributed by atoms with Gasteiger partial charge in [0, 0.05) is 37.1 Å². The van der Waals surface area contributed by atoms with Crippen LogP contribution in [0.2, 0.25) is 0 Å². The van der Waals surface area contributed by atoms with E-state index in [4.69, 9.17) is 0 Å². The molecule has 9 nitrogen and oxygen atoms in total. The molecule has 2 aromatic carbocycles. The summed E-state index contributed by atoms with van der Waals surface area (Å²) in [5, 5.41) is 18.0. The average Bonchev–Trinajstić information content (AvgIpc) is 3.08. The molecule has 5 rings (SSSR count). The van der Waals surface area contributed by atoms with Crippen LogP contribution in [-0.4, -0.2) is 45.9 Å². The van der Waals surface area contributed by atoms with Gasteiger partial charge in [-0.25, -0.2) is 4.79 Å². The standard InChI is InChI=1S/C24H24N4O5/c29-17-11-24(12-17,15-4-2-1-3-5-15)27-23(33)25-16-6-7-18-14(10-16)13-28(22(18)32)19-8-9-20(30)26-21(19)31/h1-7,10,17,19,29H,8-9,11-13H2,(H2,25,27,33)(H,26,30,31). The molecule has 4 N–H and O–H groups in total. The number of anilines is 1. The van der Waals surface area contributed by atoms with Crippen LogP contribution in [0.5, 0.6) is 0 Å². The number of nitrogens with one attached hydrogen (secondary N) is 3. The summed E-state index contributed by atoms with van der Waals surface area (Å²) < 4.78 is 0. The molecule has 9 heteroatoms. The summed E-state index contributed by atoms with van der Waals surface area (Å²) in [7, 11) is 0. The highest BCUT2D eigenvalue weighted by atomic mass is 16.3. The highest BCUT2D eigenvalue weighted by Crippen LogP contribution is 2.41. The van der Waals surface area contributed by atoms with Crippen LogP contribution < -0.4 is 16.0 Å². The predicted molar refractivity (Wildman–Crippen MR) is 118 cm³/mol. The zero-order chi connectivity index (χ0) is 23.2. The van der Waals surface area contributed by atoms with Gasteiger partial charge in [-0.3, -0.25) is 19.7 Å². The fourth-order valence-electron chi connectivity index (χ4n) is 4.94. The lowest BCUT2D eigenvalue weighted by atomic mass is 9.70. The Morgan fingerprint density at radius 2 is 1.85 bits per heavy atom. The fourth-order valence-corrected chi connectivity index (χ4v) is 4.94. The van der Waals surface area contributed by atoms with Gasteiger partial charge < -0.3 is 20.6 Å². The Bertz CT molecular complexity index is 1140. The molecule has 1 atom stereocenters. The normalized spacial score (nSPS) is 26.3. The Labute approximate surface area is 190 Å². The van der Waals surface area contributed by atoms with Crippen LogP contribution >= 0.6 is 0 Å². The number of aliphatic hydroxyl groups excluding tert-OH is 1. The second-order valence-electron chi connectivity index (χ2n) is 8.86. The molecule has 0 radical (unpaired) electrons. The molecule has 1 aliphatic carbocycles. The van der Waals surface area contributed by atoms with Gasteiger partial charge in [0.1, 0.15) is 6.04 Å². The van der Waals surface area contributed by atoms with Crippen LogP contribution in [0.4, 0.5) is 10.5 Å². The largest absolute Gasteiger partial charge is 0.393 e. The van der Waals surface area contributed by atoms with Crippen LogP contribution in [0.3, 0.4) is 0 Å². The van der Waals surface area contributed by atoms with E-state index in [0.717, 1.165) is 5.56 Å². The summed E-state index contributed by atoms with van der Waals surface area (Å²) in [6, 6.07) is 13.5. The number of urea groups is 1. The molecule has 2 heterocycles. The van der Waals surface area contributed by atoms with Gasteiger partial charge in [-0.1, -0.05) is 30.3 Å². The number of imide groups is 1. The molecule has 0 spiro atoms. The maximum atomic E-state index is 12.8. The Hall–Kier alpha value is -3.72. The number of hydrogen-bond donors (Lipinski definition) is 4. The van der Waals surface area contributed by atoms with Crippen molar-refractivity contribution in [2.75, 3.05) is 5.32 Å². The zero-order valence-electron chi connectivity index (χ0n) is 17.8. The SMILES string of the molecule is O=C1CCC(N2Cc3cc(NC(=O)NC4(c5ccccc5)CC(O)C4)ccc3C2=O)C(=O)N1. The first kappa shape index (κ1) is 21.1. The minimum Gasteiger partial charge on any atom is -0.393 e. The number of amides is 5. The lowest BCUT2D eigenvalue weighted by Crippen LogP contribution is -2.57. The molecule has 170 valence electrons. The Morgan fingerprint density at radius 1 is 1.09 bits per heavy atom. The predicted octanol–water partition coefficient (Wildman–Crippen LogP) is 1.62. The smallest absolute Gasteiger partial charge is 0.319 e. The summed E-state index contributed by atoms with van der Waals surface area (Å²) in [6.07, 6.45) is 0.899. The molecule has 1 saturated heterocycles. The van der Waals surface area contributed by atoms with E-state index in [9.17, 15) is 24.3 Å². The van der Waals surface area contributed by atoms with Gasteiger partial charge in [-0.15, -0.1) is 0 Å². The molecule has 33 heavy (non-hydrogen) atoms. The lowest BCUT2D eigenvalue weighted by Gasteiger charge is -2.46. The lowest BCUT2D eigenvalue weighted by molar-refractivity contribution is -0.136. The maximum absolute atomic E-state index is 12.8. The van der Waals surface area contributed by atoms with Crippen LogP contribution in [0.1, 0.15) is 47.2 Å². The van der Waals surface area contributed by atoms with Crippen molar-refractivity contribution in [3.63, 3.8) is 0 Å². The molecule has 0 aromatic heterocycles. The number of nitrogens with zero attached hydrogens (tertiary/aromatic N) is 1. The topological polar surface area (TPSA) is 128 Å². The molecule has 1 saturated carbocycles. The first-order valence-electron chi connectivity index (χ1n) is 10.9. The van der Waals surface area contributed by atoms with E-state index in [1.165, 1.54) is 4.90 Å². The number of aliphatic hydroxyl groups is 1. The second-order valence-corrected chi connectivity index (χ2v) is 8.86. The third-order valence-corrected chi connectivity index (χ3v) is 6.63. The van der Waals surface area contributed by atoms with Crippen molar-refractivity contribution < 1.29 is 24.3 Å². The van der Waals surface area contributed by atoms with Gasteiger partial charge in [0.15, 0.2) is 0 Å². The highest BCUT2D eigenvalue weighted by molar-refractivity contribution is 6.05. The van der Waals surface area contributed by atoms with Crippen LogP contribution in [0.25, 0.3) is 0 Å². The summed E-state index contributed by atoms with van der Waals surface area (Å²) in [6.45, 7) is 0.234. The number of hydrogen-bond acceptors (Lipinski definition) is 5. The molecular weight excluding hydrogens is 424 g/mol. The highest BCUT2D eigenvalue weighted by Gasteiger charge is 2.46. The van der Waals surface area contributed by atoms with E-state index < -0.39 is 29.6 Å². The summed E-state index contributed by atoms with van der Waals surface area (Å²) in [5.41, 5.74) is 2.02.